The van der Waals surface area contributed by atoms with Gasteiger partial charge in [0, 0.05) is 18.1 Å². The molecule has 0 saturated carbocycles. The van der Waals surface area contributed by atoms with E-state index in [1.807, 2.05) is 24.4 Å². The molecule has 0 aliphatic rings. The van der Waals surface area contributed by atoms with E-state index in [2.05, 4.69) is 36.3 Å². The molecule has 7 heteroatoms. The summed E-state index contributed by atoms with van der Waals surface area (Å²) in [5, 5.41) is 12.7. The van der Waals surface area contributed by atoms with Crippen molar-refractivity contribution in [2.75, 3.05) is 6.61 Å². The van der Waals surface area contributed by atoms with Crippen molar-refractivity contribution in [2.45, 2.75) is 40.2 Å². The van der Waals surface area contributed by atoms with Crippen LogP contribution in [-0.2, 0) is 6.54 Å². The van der Waals surface area contributed by atoms with Gasteiger partial charge in [-0.15, -0.1) is 5.10 Å². The molecule has 2 aromatic heterocycles. The molecule has 0 aliphatic heterocycles. The quantitative estimate of drug-likeness (QED) is 0.618. The summed E-state index contributed by atoms with van der Waals surface area (Å²) in [7, 11) is 0. The molecule has 0 aliphatic carbocycles. The third kappa shape index (κ3) is 3.70. The Morgan fingerprint density at radius 3 is 2.76 bits per heavy atom. The van der Waals surface area contributed by atoms with Gasteiger partial charge in [-0.2, -0.15) is 0 Å². The maximum Gasteiger partial charge on any atom is 0.258 e. The Labute approximate surface area is 146 Å². The van der Waals surface area contributed by atoms with Gasteiger partial charge in [0.1, 0.15) is 12.1 Å². The molecule has 0 saturated heterocycles. The highest BCUT2D eigenvalue weighted by molar-refractivity contribution is 5.89. The molecule has 0 radical (unpaired) electrons. The zero-order valence-electron chi connectivity index (χ0n) is 14.8. The topological polar surface area (TPSA) is 74.8 Å². The maximum atomic E-state index is 12.8. The number of hydrogen-bond donors (Lipinski definition) is 0. The van der Waals surface area contributed by atoms with Crippen molar-refractivity contribution in [3.05, 3.63) is 41.1 Å². The van der Waals surface area contributed by atoms with E-state index in [1.165, 1.54) is 6.33 Å². The maximum absolute atomic E-state index is 12.8. The highest BCUT2D eigenvalue weighted by Gasteiger charge is 2.12. The minimum absolute atomic E-state index is 0.00481. The first kappa shape index (κ1) is 17.1. The van der Waals surface area contributed by atoms with Crippen LogP contribution in [0.2, 0.25) is 0 Å². The Morgan fingerprint density at radius 1 is 1.24 bits per heavy atom. The Kier molecular flexibility index (Phi) is 5.11. The molecule has 0 N–H and O–H groups in total. The Balaban J connectivity index is 2.13. The second-order valence-electron chi connectivity index (χ2n) is 6.53. The molecule has 3 aromatic rings. The van der Waals surface area contributed by atoms with Crippen molar-refractivity contribution in [3.8, 4) is 11.4 Å². The van der Waals surface area contributed by atoms with Gasteiger partial charge in [-0.05, 0) is 41.0 Å². The molecule has 132 valence electrons. The van der Waals surface area contributed by atoms with E-state index in [-0.39, 0.29) is 5.56 Å². The Bertz CT molecular complexity index is 900. The van der Waals surface area contributed by atoms with Gasteiger partial charge in [-0.1, -0.05) is 27.2 Å². The average molecular weight is 341 g/mol. The molecule has 0 atom stereocenters. The van der Waals surface area contributed by atoms with Crippen LogP contribution in [0.4, 0.5) is 0 Å². The van der Waals surface area contributed by atoms with Gasteiger partial charge in [0.05, 0.1) is 17.7 Å². The minimum Gasteiger partial charge on any atom is -0.491 e. The van der Waals surface area contributed by atoms with Crippen LogP contribution in [0.5, 0.6) is 5.75 Å². The number of unbranched alkanes of at least 4 members (excludes halogenated alkanes) is 1. The second kappa shape index (κ2) is 7.46. The van der Waals surface area contributed by atoms with E-state index in [4.69, 9.17) is 4.74 Å². The van der Waals surface area contributed by atoms with Crippen LogP contribution in [0, 0.1) is 5.92 Å². The molecule has 0 bridgehead atoms. The summed E-state index contributed by atoms with van der Waals surface area (Å²) in [6.07, 6.45) is 5.37. The first-order valence-corrected chi connectivity index (χ1v) is 8.63. The van der Waals surface area contributed by atoms with Crippen molar-refractivity contribution in [2.24, 2.45) is 5.92 Å². The monoisotopic (exact) mass is 341 g/mol. The lowest BCUT2D eigenvalue weighted by Crippen LogP contribution is -2.22. The van der Waals surface area contributed by atoms with Crippen LogP contribution < -0.4 is 10.3 Å². The molecule has 25 heavy (non-hydrogen) atoms. The van der Waals surface area contributed by atoms with Crippen molar-refractivity contribution in [1.82, 2.24) is 24.8 Å². The number of pyridine rings is 1. The number of benzene rings is 1. The fourth-order valence-corrected chi connectivity index (χ4v) is 2.74. The first-order chi connectivity index (χ1) is 12.1. The average Bonchev–Trinajstić information content (AvgIpc) is 3.12. The summed E-state index contributed by atoms with van der Waals surface area (Å²) in [6.45, 7) is 7.59. The number of fused-ring (bicyclic) bond motifs is 1. The number of rotatable bonds is 7. The van der Waals surface area contributed by atoms with Crippen molar-refractivity contribution < 1.29 is 4.74 Å². The summed E-state index contributed by atoms with van der Waals surface area (Å²) in [6, 6.07) is 5.56. The van der Waals surface area contributed by atoms with Gasteiger partial charge < -0.3 is 9.30 Å². The van der Waals surface area contributed by atoms with Crippen LogP contribution >= 0.6 is 0 Å². The van der Waals surface area contributed by atoms with E-state index in [0.717, 1.165) is 29.7 Å². The zero-order valence-corrected chi connectivity index (χ0v) is 14.8. The van der Waals surface area contributed by atoms with E-state index >= 15 is 0 Å². The predicted octanol–water partition coefficient (Wildman–Crippen LogP) is 2.81. The SMILES string of the molecule is CCCCOc1cn(CC(C)C)c(=O)c2ccc(-n3cnnn3)cc12. The zero-order chi connectivity index (χ0) is 17.8. The van der Waals surface area contributed by atoms with E-state index in [0.29, 0.717) is 24.5 Å². The van der Waals surface area contributed by atoms with Crippen LogP contribution in [0.1, 0.15) is 33.6 Å². The molecule has 0 fully saturated rings. The highest BCUT2D eigenvalue weighted by atomic mass is 16.5. The van der Waals surface area contributed by atoms with E-state index in [9.17, 15) is 4.79 Å². The Hall–Kier alpha value is -2.70. The molecule has 3 rings (SSSR count). The second-order valence-corrected chi connectivity index (χ2v) is 6.53. The summed E-state index contributed by atoms with van der Waals surface area (Å²) >= 11 is 0. The number of nitrogens with zero attached hydrogens (tertiary/aromatic N) is 5. The molecule has 0 amide bonds. The minimum atomic E-state index is -0.00481. The number of aromatic nitrogens is 5. The highest BCUT2D eigenvalue weighted by Crippen LogP contribution is 2.26. The first-order valence-electron chi connectivity index (χ1n) is 8.63. The third-order valence-corrected chi connectivity index (χ3v) is 3.96. The smallest absolute Gasteiger partial charge is 0.258 e. The van der Waals surface area contributed by atoms with Crippen LogP contribution in [0.3, 0.4) is 0 Å². The molecule has 1 aromatic carbocycles. The van der Waals surface area contributed by atoms with Gasteiger partial charge in [0.25, 0.3) is 5.56 Å². The van der Waals surface area contributed by atoms with Gasteiger partial charge >= 0.3 is 0 Å². The van der Waals surface area contributed by atoms with Crippen LogP contribution in [-0.4, -0.2) is 31.4 Å². The molecule has 7 nitrogen and oxygen atoms in total. The fraction of sp³-hybridized carbons (Fsp3) is 0.444. The van der Waals surface area contributed by atoms with E-state index in [1.54, 1.807) is 9.25 Å². The van der Waals surface area contributed by atoms with Crippen molar-refractivity contribution in [1.29, 1.82) is 0 Å². The largest absolute Gasteiger partial charge is 0.491 e. The van der Waals surface area contributed by atoms with Gasteiger partial charge in [0.2, 0.25) is 0 Å². The van der Waals surface area contributed by atoms with Gasteiger partial charge in [0.15, 0.2) is 0 Å². The lowest BCUT2D eigenvalue weighted by Gasteiger charge is -2.15. The molecule has 0 unspecified atom stereocenters. The van der Waals surface area contributed by atoms with E-state index < -0.39 is 0 Å². The number of tetrazole rings is 1. The normalized spacial score (nSPS) is 11.4. The molecule has 2 heterocycles. The summed E-state index contributed by atoms with van der Waals surface area (Å²) in [4.78, 5) is 12.8. The summed E-state index contributed by atoms with van der Waals surface area (Å²) in [5.74, 6) is 1.10. The Morgan fingerprint density at radius 2 is 2.08 bits per heavy atom. The number of ether oxygens (including phenoxy) is 1. The van der Waals surface area contributed by atoms with Crippen LogP contribution in [0.25, 0.3) is 16.5 Å². The lowest BCUT2D eigenvalue weighted by molar-refractivity contribution is 0.309. The standard InChI is InChI=1S/C18H23N5O2/c1-4-5-8-25-17-11-22(10-13(2)3)18(24)15-7-6-14(9-16(15)17)23-12-19-20-21-23/h6-7,9,11-13H,4-5,8,10H2,1-3H3. The molecular weight excluding hydrogens is 318 g/mol. The predicted molar refractivity (Wildman–Crippen MR) is 96.2 cm³/mol. The lowest BCUT2D eigenvalue weighted by atomic mass is 10.1. The summed E-state index contributed by atoms with van der Waals surface area (Å²) in [5.41, 5.74) is 0.786. The van der Waals surface area contributed by atoms with Crippen molar-refractivity contribution in [3.63, 3.8) is 0 Å². The third-order valence-electron chi connectivity index (χ3n) is 3.96. The molecular formula is C18H23N5O2. The van der Waals surface area contributed by atoms with Crippen LogP contribution in [0.15, 0.2) is 35.5 Å². The van der Waals surface area contributed by atoms with Gasteiger partial charge in [-0.3, -0.25) is 4.79 Å². The van der Waals surface area contributed by atoms with Gasteiger partial charge in [-0.25, -0.2) is 4.68 Å². The van der Waals surface area contributed by atoms with Crippen molar-refractivity contribution >= 4 is 10.8 Å². The molecule has 0 spiro atoms. The summed E-state index contributed by atoms with van der Waals surface area (Å²) < 4.78 is 9.29. The fourth-order valence-electron chi connectivity index (χ4n) is 2.74. The number of hydrogen-bond acceptors (Lipinski definition) is 5.